The fourth-order valence-electron chi connectivity index (χ4n) is 3.62. The van der Waals surface area contributed by atoms with Crippen LogP contribution in [0.5, 0.6) is 0 Å². The highest BCUT2D eigenvalue weighted by molar-refractivity contribution is 8.00. The van der Waals surface area contributed by atoms with E-state index in [1.165, 1.54) is 0 Å². The number of nitrogens with one attached hydrogen (secondary N) is 1. The summed E-state index contributed by atoms with van der Waals surface area (Å²) < 4.78 is 5.01. The average Bonchev–Trinajstić information content (AvgIpc) is 2.81. The maximum Gasteiger partial charge on any atom is 0.240 e. The van der Waals surface area contributed by atoms with Crippen LogP contribution in [0.15, 0.2) is 65.6 Å². The van der Waals surface area contributed by atoms with E-state index in [0.29, 0.717) is 39.1 Å². The standard InChI is InChI=1S/C24H30N2O3S/c1-29-18-8-15-25-23(27)20-13-16-26(17-14-20)24(28)22(19-9-4-2-5-10-19)30-21-11-6-3-7-12-21/h2-7,9-12,20,22H,8,13-18H2,1H3,(H,25,27). The number of benzene rings is 2. The third-order valence-corrected chi connectivity index (χ3v) is 6.58. The predicted octanol–water partition coefficient (Wildman–Crippen LogP) is 3.91. The lowest BCUT2D eigenvalue weighted by molar-refractivity contribution is -0.135. The molecule has 1 N–H and O–H groups in total. The maximum atomic E-state index is 13.4. The summed E-state index contributed by atoms with van der Waals surface area (Å²) in [7, 11) is 1.66. The summed E-state index contributed by atoms with van der Waals surface area (Å²) in [4.78, 5) is 28.8. The molecule has 0 bridgehead atoms. The molecule has 3 rings (SSSR count). The largest absolute Gasteiger partial charge is 0.385 e. The molecule has 1 aliphatic heterocycles. The molecule has 1 heterocycles. The van der Waals surface area contributed by atoms with Crippen molar-refractivity contribution in [2.75, 3.05) is 33.4 Å². The quantitative estimate of drug-likeness (QED) is 0.488. The van der Waals surface area contributed by atoms with Gasteiger partial charge in [-0.05, 0) is 37.0 Å². The number of thioether (sulfide) groups is 1. The van der Waals surface area contributed by atoms with Crippen LogP contribution in [-0.2, 0) is 14.3 Å². The van der Waals surface area contributed by atoms with Gasteiger partial charge >= 0.3 is 0 Å². The predicted molar refractivity (Wildman–Crippen MR) is 120 cm³/mol. The van der Waals surface area contributed by atoms with Gasteiger partial charge in [-0.25, -0.2) is 0 Å². The highest BCUT2D eigenvalue weighted by atomic mass is 32.2. The number of nitrogens with zero attached hydrogens (tertiary/aromatic N) is 1. The van der Waals surface area contributed by atoms with E-state index in [1.807, 2.05) is 65.6 Å². The third kappa shape index (κ3) is 6.34. The lowest BCUT2D eigenvalue weighted by Crippen LogP contribution is -2.44. The van der Waals surface area contributed by atoms with Crippen molar-refractivity contribution in [1.82, 2.24) is 10.2 Å². The Hall–Kier alpha value is -2.31. The number of likely N-dealkylation sites (tertiary alicyclic amines) is 1. The van der Waals surface area contributed by atoms with E-state index in [-0.39, 0.29) is 23.0 Å². The summed E-state index contributed by atoms with van der Waals surface area (Å²) in [6, 6.07) is 20.0. The third-order valence-electron chi connectivity index (χ3n) is 5.33. The van der Waals surface area contributed by atoms with Crippen LogP contribution in [0, 0.1) is 5.92 Å². The fraction of sp³-hybridized carbons (Fsp3) is 0.417. The van der Waals surface area contributed by atoms with Gasteiger partial charge in [0, 0.05) is 44.2 Å². The van der Waals surface area contributed by atoms with Crippen molar-refractivity contribution in [2.45, 2.75) is 29.4 Å². The van der Waals surface area contributed by atoms with Gasteiger partial charge in [-0.1, -0.05) is 48.5 Å². The number of ether oxygens (including phenoxy) is 1. The molecule has 0 radical (unpaired) electrons. The topological polar surface area (TPSA) is 58.6 Å². The monoisotopic (exact) mass is 426 g/mol. The van der Waals surface area contributed by atoms with Crippen LogP contribution >= 0.6 is 11.8 Å². The van der Waals surface area contributed by atoms with Gasteiger partial charge in [0.1, 0.15) is 5.25 Å². The number of hydrogen-bond donors (Lipinski definition) is 1. The molecular weight excluding hydrogens is 396 g/mol. The van der Waals surface area contributed by atoms with E-state index in [0.717, 1.165) is 16.9 Å². The summed E-state index contributed by atoms with van der Waals surface area (Å²) in [6.45, 7) is 2.52. The summed E-state index contributed by atoms with van der Waals surface area (Å²) in [6.07, 6.45) is 2.23. The number of hydrogen-bond acceptors (Lipinski definition) is 4. The zero-order valence-electron chi connectivity index (χ0n) is 17.5. The Morgan fingerprint density at radius 2 is 1.70 bits per heavy atom. The second kappa shape index (κ2) is 11.8. The second-order valence-electron chi connectivity index (χ2n) is 7.46. The van der Waals surface area contributed by atoms with Crippen molar-refractivity contribution in [2.24, 2.45) is 5.92 Å². The Morgan fingerprint density at radius 1 is 1.07 bits per heavy atom. The van der Waals surface area contributed by atoms with E-state index in [4.69, 9.17) is 4.74 Å². The fourth-order valence-corrected chi connectivity index (χ4v) is 4.75. The number of rotatable bonds is 9. The van der Waals surface area contributed by atoms with Crippen molar-refractivity contribution >= 4 is 23.6 Å². The number of carbonyl (C=O) groups is 2. The molecule has 6 heteroatoms. The molecule has 0 saturated carbocycles. The van der Waals surface area contributed by atoms with Crippen LogP contribution in [0.25, 0.3) is 0 Å². The number of piperidine rings is 1. The number of amides is 2. The van der Waals surface area contributed by atoms with Gasteiger partial charge in [-0.2, -0.15) is 0 Å². The molecule has 2 aromatic carbocycles. The molecule has 1 fully saturated rings. The average molecular weight is 427 g/mol. The van der Waals surface area contributed by atoms with Crippen LogP contribution in [0.1, 0.15) is 30.1 Å². The summed E-state index contributed by atoms with van der Waals surface area (Å²) in [5, 5.41) is 2.70. The van der Waals surface area contributed by atoms with Crippen LogP contribution in [-0.4, -0.2) is 50.1 Å². The van der Waals surface area contributed by atoms with E-state index in [2.05, 4.69) is 5.32 Å². The van der Waals surface area contributed by atoms with Crippen molar-refractivity contribution in [3.63, 3.8) is 0 Å². The Morgan fingerprint density at radius 3 is 2.33 bits per heavy atom. The molecule has 0 aromatic heterocycles. The Balaban J connectivity index is 1.60. The first-order valence-electron chi connectivity index (χ1n) is 10.5. The first-order chi connectivity index (χ1) is 14.7. The first kappa shape index (κ1) is 22.4. The molecule has 2 aromatic rings. The van der Waals surface area contributed by atoms with E-state index >= 15 is 0 Å². The highest BCUT2D eigenvalue weighted by Crippen LogP contribution is 2.37. The highest BCUT2D eigenvalue weighted by Gasteiger charge is 2.32. The van der Waals surface area contributed by atoms with Gasteiger partial charge in [0.05, 0.1) is 0 Å². The zero-order valence-corrected chi connectivity index (χ0v) is 18.3. The van der Waals surface area contributed by atoms with Gasteiger partial charge in [0.15, 0.2) is 0 Å². The van der Waals surface area contributed by atoms with Crippen molar-refractivity contribution < 1.29 is 14.3 Å². The normalized spacial score (nSPS) is 15.6. The molecular formula is C24H30N2O3S. The minimum Gasteiger partial charge on any atom is -0.385 e. The van der Waals surface area contributed by atoms with Gasteiger partial charge < -0.3 is 15.0 Å². The molecule has 0 aliphatic carbocycles. The van der Waals surface area contributed by atoms with Crippen LogP contribution < -0.4 is 5.32 Å². The van der Waals surface area contributed by atoms with E-state index < -0.39 is 0 Å². The molecule has 0 spiro atoms. The first-order valence-corrected chi connectivity index (χ1v) is 11.4. The van der Waals surface area contributed by atoms with Gasteiger partial charge in [0.25, 0.3) is 0 Å². The molecule has 30 heavy (non-hydrogen) atoms. The van der Waals surface area contributed by atoms with Gasteiger partial charge in [0.2, 0.25) is 11.8 Å². The Kier molecular flexibility index (Phi) is 8.78. The molecule has 2 amide bonds. The SMILES string of the molecule is COCCCNC(=O)C1CCN(C(=O)C(Sc2ccccc2)c2ccccc2)CC1. The van der Waals surface area contributed by atoms with Crippen LogP contribution in [0.4, 0.5) is 0 Å². The molecule has 1 atom stereocenters. The van der Waals surface area contributed by atoms with Crippen molar-refractivity contribution in [3.8, 4) is 0 Å². The number of carbonyl (C=O) groups excluding carboxylic acids is 2. The summed E-state index contributed by atoms with van der Waals surface area (Å²) >= 11 is 1.58. The van der Waals surface area contributed by atoms with Crippen molar-refractivity contribution in [1.29, 1.82) is 0 Å². The molecule has 160 valence electrons. The second-order valence-corrected chi connectivity index (χ2v) is 8.64. The van der Waals surface area contributed by atoms with Crippen LogP contribution in [0.3, 0.4) is 0 Å². The minimum atomic E-state index is -0.284. The molecule has 5 nitrogen and oxygen atoms in total. The Bertz CT molecular complexity index is 793. The zero-order chi connectivity index (χ0) is 21.2. The summed E-state index contributed by atoms with van der Waals surface area (Å²) in [5.74, 6) is 0.194. The lowest BCUT2D eigenvalue weighted by Gasteiger charge is -2.33. The maximum absolute atomic E-state index is 13.4. The van der Waals surface area contributed by atoms with Crippen LogP contribution in [0.2, 0.25) is 0 Å². The molecule has 1 saturated heterocycles. The van der Waals surface area contributed by atoms with Crippen molar-refractivity contribution in [3.05, 3.63) is 66.2 Å². The van der Waals surface area contributed by atoms with Gasteiger partial charge in [-0.15, -0.1) is 11.8 Å². The summed E-state index contributed by atoms with van der Waals surface area (Å²) in [5.41, 5.74) is 1.01. The lowest BCUT2D eigenvalue weighted by atomic mass is 9.95. The Labute approximate surface area is 183 Å². The number of methoxy groups -OCH3 is 1. The molecule has 1 unspecified atom stereocenters. The smallest absolute Gasteiger partial charge is 0.240 e. The van der Waals surface area contributed by atoms with Gasteiger partial charge in [-0.3, -0.25) is 9.59 Å². The molecule has 1 aliphatic rings. The minimum absolute atomic E-state index is 0.0199. The van der Waals surface area contributed by atoms with E-state index in [9.17, 15) is 9.59 Å². The van der Waals surface area contributed by atoms with E-state index in [1.54, 1.807) is 18.9 Å².